The van der Waals surface area contributed by atoms with Crippen LogP contribution in [0, 0.1) is 13.8 Å². The normalized spacial score (nSPS) is 10.4. The van der Waals surface area contributed by atoms with Crippen molar-refractivity contribution in [3.8, 4) is 0 Å². The topological polar surface area (TPSA) is 42.0 Å². The second-order valence-corrected chi connectivity index (χ2v) is 5.32. The number of aryl methyl sites for hydroxylation is 2. The van der Waals surface area contributed by atoms with Gasteiger partial charge in [0.15, 0.2) is 5.78 Å². The Balaban J connectivity index is 2.40. The zero-order valence-electron chi connectivity index (χ0n) is 10.4. The Kier molecular flexibility index (Phi) is 3.68. The second kappa shape index (κ2) is 5.08. The van der Waals surface area contributed by atoms with Crippen molar-refractivity contribution in [1.82, 2.24) is 4.37 Å². The number of nitrogens with zero attached hydrogens (tertiary/aromatic N) is 1. The summed E-state index contributed by atoms with van der Waals surface area (Å²) >= 11 is 7.39. The average molecular weight is 281 g/mol. The number of rotatable bonds is 3. The molecule has 0 aliphatic carbocycles. The molecule has 0 amide bonds. The van der Waals surface area contributed by atoms with Crippen LogP contribution in [0.25, 0.3) is 0 Å². The second-order valence-electron chi connectivity index (χ2n) is 4.14. The maximum absolute atomic E-state index is 11.6. The van der Waals surface area contributed by atoms with Gasteiger partial charge in [-0.25, -0.2) is 0 Å². The first-order chi connectivity index (χ1) is 8.49. The number of aromatic nitrogens is 1. The fraction of sp³-hybridized carbons (Fsp3) is 0.231. The van der Waals surface area contributed by atoms with Crippen LogP contribution in [0.2, 0.25) is 5.02 Å². The summed E-state index contributed by atoms with van der Waals surface area (Å²) in [6.45, 7) is 5.36. The van der Waals surface area contributed by atoms with Crippen molar-refractivity contribution in [2.24, 2.45) is 0 Å². The zero-order valence-corrected chi connectivity index (χ0v) is 11.9. The smallest absolute Gasteiger partial charge is 0.164 e. The van der Waals surface area contributed by atoms with Crippen LogP contribution in [0.15, 0.2) is 18.2 Å². The lowest BCUT2D eigenvalue weighted by Gasteiger charge is -2.08. The maximum atomic E-state index is 11.6. The average Bonchev–Trinajstić information content (AvgIpc) is 2.65. The molecule has 94 valence electrons. The van der Waals surface area contributed by atoms with Crippen LogP contribution >= 0.6 is 23.1 Å². The summed E-state index contributed by atoms with van der Waals surface area (Å²) in [5, 5.41) is 4.56. The summed E-state index contributed by atoms with van der Waals surface area (Å²) in [7, 11) is 0. The molecule has 0 fully saturated rings. The molecule has 0 saturated carbocycles. The number of anilines is 2. The van der Waals surface area contributed by atoms with Gasteiger partial charge in [0, 0.05) is 0 Å². The van der Waals surface area contributed by atoms with Crippen LogP contribution in [-0.4, -0.2) is 10.2 Å². The maximum Gasteiger partial charge on any atom is 0.164 e. The molecule has 0 spiro atoms. The van der Waals surface area contributed by atoms with Gasteiger partial charge < -0.3 is 5.32 Å². The van der Waals surface area contributed by atoms with Gasteiger partial charge in [0.1, 0.15) is 5.00 Å². The van der Waals surface area contributed by atoms with Gasteiger partial charge in [0.05, 0.1) is 22.0 Å². The Hall–Kier alpha value is -1.39. The van der Waals surface area contributed by atoms with Gasteiger partial charge in [-0.15, -0.1) is 0 Å². The van der Waals surface area contributed by atoms with Gasteiger partial charge in [-0.2, -0.15) is 4.37 Å². The summed E-state index contributed by atoms with van der Waals surface area (Å²) < 4.78 is 4.20. The van der Waals surface area contributed by atoms with E-state index in [1.165, 1.54) is 11.5 Å². The number of nitrogens with one attached hydrogen (secondary N) is 1. The fourth-order valence-corrected chi connectivity index (χ4v) is 2.75. The Bertz CT molecular complexity index is 607. The van der Waals surface area contributed by atoms with Crippen LogP contribution in [0.5, 0.6) is 0 Å². The van der Waals surface area contributed by atoms with Crippen molar-refractivity contribution in [2.45, 2.75) is 20.8 Å². The Morgan fingerprint density at radius 1 is 1.39 bits per heavy atom. The van der Waals surface area contributed by atoms with E-state index in [0.29, 0.717) is 10.6 Å². The van der Waals surface area contributed by atoms with Crippen molar-refractivity contribution in [2.75, 3.05) is 5.32 Å². The number of hydrogen-bond acceptors (Lipinski definition) is 4. The molecule has 1 heterocycles. The molecule has 0 bridgehead atoms. The molecule has 0 saturated heterocycles. The summed E-state index contributed by atoms with van der Waals surface area (Å²) in [6.07, 6.45) is 0. The summed E-state index contributed by atoms with van der Waals surface area (Å²) in [4.78, 5) is 11.6. The zero-order chi connectivity index (χ0) is 13.3. The summed E-state index contributed by atoms with van der Waals surface area (Å²) in [6, 6.07) is 5.72. The molecule has 0 unspecified atom stereocenters. The minimum atomic E-state index is 0.00697. The lowest BCUT2D eigenvalue weighted by molar-refractivity contribution is 0.101. The van der Waals surface area contributed by atoms with Crippen molar-refractivity contribution in [1.29, 1.82) is 0 Å². The largest absolute Gasteiger partial charge is 0.344 e. The lowest BCUT2D eigenvalue weighted by Crippen LogP contribution is -1.99. The molecule has 1 N–H and O–H groups in total. The standard InChI is InChI=1S/C13H13ClN2OS/c1-7-4-5-10(14)11(6-7)15-13-12(9(3)17)8(2)16-18-13/h4-6,15H,1-3H3. The highest BCUT2D eigenvalue weighted by atomic mass is 35.5. The van der Waals surface area contributed by atoms with E-state index in [9.17, 15) is 4.79 Å². The Morgan fingerprint density at radius 2 is 2.11 bits per heavy atom. The molecule has 1 aromatic carbocycles. The van der Waals surface area contributed by atoms with Crippen molar-refractivity contribution >= 4 is 39.6 Å². The third-order valence-electron chi connectivity index (χ3n) is 2.58. The summed E-state index contributed by atoms with van der Waals surface area (Å²) in [5.74, 6) is 0.00697. The third-order valence-corrected chi connectivity index (χ3v) is 3.77. The minimum Gasteiger partial charge on any atom is -0.344 e. The number of carbonyl (C=O) groups is 1. The molecule has 2 aromatic rings. The van der Waals surface area contributed by atoms with Gasteiger partial charge in [-0.1, -0.05) is 17.7 Å². The molecule has 5 heteroatoms. The monoisotopic (exact) mass is 280 g/mol. The molecule has 18 heavy (non-hydrogen) atoms. The van der Waals surface area contributed by atoms with Gasteiger partial charge in [-0.3, -0.25) is 4.79 Å². The van der Waals surface area contributed by atoms with E-state index in [-0.39, 0.29) is 5.78 Å². The number of carbonyl (C=O) groups excluding carboxylic acids is 1. The van der Waals surface area contributed by atoms with Gasteiger partial charge in [0.2, 0.25) is 0 Å². The van der Waals surface area contributed by atoms with Crippen LogP contribution in [-0.2, 0) is 0 Å². The highest BCUT2D eigenvalue weighted by Gasteiger charge is 2.15. The number of halogens is 1. The van der Waals surface area contributed by atoms with Gasteiger partial charge in [0.25, 0.3) is 0 Å². The number of ketones is 1. The Labute approximate surface area is 115 Å². The molecule has 0 radical (unpaired) electrons. The Morgan fingerprint density at radius 3 is 2.78 bits per heavy atom. The number of hydrogen-bond donors (Lipinski definition) is 1. The summed E-state index contributed by atoms with van der Waals surface area (Å²) in [5.41, 5.74) is 3.28. The van der Waals surface area contributed by atoms with Crippen LogP contribution in [0.3, 0.4) is 0 Å². The third kappa shape index (κ3) is 2.54. The molecular weight excluding hydrogens is 268 g/mol. The van der Waals surface area contributed by atoms with E-state index in [1.54, 1.807) is 6.92 Å². The molecular formula is C13H13ClN2OS. The molecule has 0 atom stereocenters. The predicted octanol–water partition coefficient (Wildman–Crippen LogP) is 4.36. The van der Waals surface area contributed by atoms with E-state index < -0.39 is 0 Å². The predicted molar refractivity (Wildman–Crippen MR) is 76.3 cm³/mol. The number of Topliss-reactive ketones (excluding diaryl/α,β-unsaturated/α-hetero) is 1. The van der Waals surface area contributed by atoms with E-state index in [0.717, 1.165) is 21.9 Å². The van der Waals surface area contributed by atoms with E-state index in [2.05, 4.69) is 9.69 Å². The van der Waals surface area contributed by atoms with Gasteiger partial charge in [-0.05, 0) is 50.0 Å². The van der Waals surface area contributed by atoms with E-state index >= 15 is 0 Å². The molecule has 0 aliphatic rings. The molecule has 3 nitrogen and oxygen atoms in total. The van der Waals surface area contributed by atoms with Crippen LogP contribution in [0.1, 0.15) is 28.5 Å². The van der Waals surface area contributed by atoms with Crippen LogP contribution < -0.4 is 5.32 Å². The van der Waals surface area contributed by atoms with Crippen LogP contribution in [0.4, 0.5) is 10.7 Å². The number of benzene rings is 1. The molecule has 1 aromatic heterocycles. The van der Waals surface area contributed by atoms with Crippen molar-refractivity contribution < 1.29 is 4.79 Å². The first-order valence-electron chi connectivity index (χ1n) is 5.49. The highest BCUT2D eigenvalue weighted by Crippen LogP contribution is 2.32. The molecule has 0 aliphatic heterocycles. The minimum absolute atomic E-state index is 0.00697. The van der Waals surface area contributed by atoms with Crippen molar-refractivity contribution in [3.63, 3.8) is 0 Å². The van der Waals surface area contributed by atoms with E-state index in [1.807, 2.05) is 32.0 Å². The van der Waals surface area contributed by atoms with E-state index in [4.69, 9.17) is 11.6 Å². The first kappa shape index (κ1) is 13.1. The van der Waals surface area contributed by atoms with Gasteiger partial charge >= 0.3 is 0 Å². The van der Waals surface area contributed by atoms with Crippen molar-refractivity contribution in [3.05, 3.63) is 40.0 Å². The highest BCUT2D eigenvalue weighted by molar-refractivity contribution is 7.10. The first-order valence-corrected chi connectivity index (χ1v) is 6.64. The SMILES string of the molecule is CC(=O)c1c(C)nsc1Nc1cc(C)ccc1Cl. The fourth-order valence-electron chi connectivity index (χ4n) is 1.73. The lowest BCUT2D eigenvalue weighted by atomic mass is 10.1. The molecule has 2 rings (SSSR count). The quantitative estimate of drug-likeness (QED) is 0.850.